The van der Waals surface area contributed by atoms with E-state index in [9.17, 15) is 13.2 Å². The standard InChI is InChI=1S/C4H9NO5S2/c5-3(1-11)4(6)10-2-12(7,8)9/h3,11H,1-2,5H2,(H,7,8,9)/t3-/m0/s1. The van der Waals surface area contributed by atoms with Gasteiger partial charge in [0.1, 0.15) is 6.04 Å². The molecule has 12 heavy (non-hydrogen) atoms. The molecule has 0 aromatic rings. The van der Waals surface area contributed by atoms with Gasteiger partial charge < -0.3 is 10.5 Å². The highest BCUT2D eigenvalue weighted by atomic mass is 32.2. The van der Waals surface area contributed by atoms with Gasteiger partial charge in [0.05, 0.1) is 0 Å². The number of carbonyl (C=O) groups is 1. The Bertz CT molecular complexity index is 248. The van der Waals surface area contributed by atoms with E-state index >= 15 is 0 Å². The molecular formula is C4H9NO5S2. The van der Waals surface area contributed by atoms with Crippen molar-refractivity contribution in [2.45, 2.75) is 6.04 Å². The highest BCUT2D eigenvalue weighted by molar-refractivity contribution is 7.85. The molecule has 0 aromatic heterocycles. The van der Waals surface area contributed by atoms with Gasteiger partial charge in [-0.3, -0.25) is 9.35 Å². The van der Waals surface area contributed by atoms with E-state index in [-0.39, 0.29) is 5.75 Å². The number of ether oxygens (including phenoxy) is 1. The first-order valence-corrected chi connectivity index (χ1v) is 5.09. The molecular weight excluding hydrogens is 206 g/mol. The van der Waals surface area contributed by atoms with Crippen molar-refractivity contribution < 1.29 is 22.5 Å². The van der Waals surface area contributed by atoms with E-state index in [0.717, 1.165) is 0 Å². The van der Waals surface area contributed by atoms with Crippen molar-refractivity contribution in [3.8, 4) is 0 Å². The van der Waals surface area contributed by atoms with Crippen LogP contribution < -0.4 is 5.73 Å². The Labute approximate surface area is 75.2 Å². The summed E-state index contributed by atoms with van der Waals surface area (Å²) in [7, 11) is -4.28. The zero-order valence-electron chi connectivity index (χ0n) is 6.00. The highest BCUT2D eigenvalue weighted by Crippen LogP contribution is 1.91. The van der Waals surface area contributed by atoms with Gasteiger partial charge in [0.15, 0.2) is 0 Å². The summed E-state index contributed by atoms with van der Waals surface area (Å²) < 4.78 is 32.4. The molecule has 0 aliphatic heterocycles. The van der Waals surface area contributed by atoms with Gasteiger partial charge in [0.2, 0.25) is 5.94 Å². The van der Waals surface area contributed by atoms with Crippen LogP contribution in [0.15, 0.2) is 0 Å². The van der Waals surface area contributed by atoms with Crippen molar-refractivity contribution in [2.75, 3.05) is 11.7 Å². The summed E-state index contributed by atoms with van der Waals surface area (Å²) in [5.41, 5.74) is 5.12. The molecule has 0 amide bonds. The van der Waals surface area contributed by atoms with E-state index in [2.05, 4.69) is 17.4 Å². The van der Waals surface area contributed by atoms with Gasteiger partial charge in [-0.15, -0.1) is 0 Å². The molecule has 0 bridgehead atoms. The summed E-state index contributed by atoms with van der Waals surface area (Å²) in [4.78, 5) is 10.6. The number of carbonyl (C=O) groups excluding carboxylic acids is 1. The van der Waals surface area contributed by atoms with E-state index in [0.29, 0.717) is 0 Å². The van der Waals surface area contributed by atoms with Crippen LogP contribution in [-0.2, 0) is 19.6 Å². The fourth-order valence-electron chi connectivity index (χ4n) is 0.314. The second-order valence-corrected chi connectivity index (χ2v) is 3.72. The molecule has 0 fully saturated rings. The molecule has 0 aliphatic rings. The zero-order chi connectivity index (χ0) is 9.78. The minimum absolute atomic E-state index is 0.0459. The Morgan fingerprint density at radius 3 is 2.50 bits per heavy atom. The third-order valence-corrected chi connectivity index (χ3v) is 1.66. The number of rotatable bonds is 4. The van der Waals surface area contributed by atoms with Crippen molar-refractivity contribution in [1.29, 1.82) is 0 Å². The third-order valence-electron chi connectivity index (χ3n) is 0.850. The molecule has 0 aromatic carbocycles. The van der Waals surface area contributed by atoms with Gasteiger partial charge >= 0.3 is 16.1 Å². The normalized spacial score (nSPS) is 13.9. The SMILES string of the molecule is N[C@@H](CS)C(=O)OCS(=O)(=O)O. The number of esters is 1. The smallest absolute Gasteiger partial charge is 0.324 e. The van der Waals surface area contributed by atoms with Crippen LogP contribution in [0.4, 0.5) is 0 Å². The first kappa shape index (κ1) is 11.7. The maximum atomic E-state index is 10.6. The predicted octanol–water partition coefficient (Wildman–Crippen LogP) is -1.37. The summed E-state index contributed by atoms with van der Waals surface area (Å²) in [6.07, 6.45) is 0. The van der Waals surface area contributed by atoms with E-state index in [4.69, 9.17) is 10.3 Å². The van der Waals surface area contributed by atoms with Crippen LogP contribution in [0.1, 0.15) is 0 Å². The van der Waals surface area contributed by atoms with Crippen molar-refractivity contribution in [3.05, 3.63) is 0 Å². The highest BCUT2D eigenvalue weighted by Gasteiger charge is 2.15. The predicted molar refractivity (Wildman–Crippen MR) is 44.3 cm³/mol. The lowest BCUT2D eigenvalue weighted by molar-refractivity contribution is -0.142. The number of nitrogens with two attached hydrogens (primary N) is 1. The molecule has 1 atom stereocenters. The Hall–Kier alpha value is -0.310. The van der Waals surface area contributed by atoms with E-state index in [1.807, 2.05) is 0 Å². The lowest BCUT2D eigenvalue weighted by Gasteiger charge is -2.06. The first-order valence-electron chi connectivity index (χ1n) is 2.85. The molecule has 0 radical (unpaired) electrons. The minimum atomic E-state index is -4.28. The molecule has 0 spiro atoms. The second-order valence-electron chi connectivity index (χ2n) is 1.95. The molecule has 0 rings (SSSR count). The Morgan fingerprint density at radius 2 is 2.17 bits per heavy atom. The lowest BCUT2D eigenvalue weighted by atomic mass is 10.4. The number of thiol groups is 1. The summed E-state index contributed by atoms with van der Waals surface area (Å²) in [5, 5.41) is 0. The monoisotopic (exact) mass is 215 g/mol. The zero-order valence-corrected chi connectivity index (χ0v) is 7.72. The maximum absolute atomic E-state index is 10.6. The fraction of sp³-hybridized carbons (Fsp3) is 0.750. The van der Waals surface area contributed by atoms with Crippen LogP contribution in [0.5, 0.6) is 0 Å². The first-order chi connectivity index (χ1) is 5.37. The van der Waals surface area contributed by atoms with Gasteiger partial charge in [-0.25, -0.2) is 0 Å². The van der Waals surface area contributed by atoms with Crippen molar-refractivity contribution in [3.63, 3.8) is 0 Å². The molecule has 8 heteroatoms. The average molecular weight is 215 g/mol. The van der Waals surface area contributed by atoms with Crippen LogP contribution in [0.3, 0.4) is 0 Å². The van der Waals surface area contributed by atoms with E-state index in [1.165, 1.54) is 0 Å². The molecule has 0 unspecified atom stereocenters. The van der Waals surface area contributed by atoms with Crippen molar-refractivity contribution in [2.24, 2.45) is 5.73 Å². The van der Waals surface area contributed by atoms with Gasteiger partial charge in [0, 0.05) is 5.75 Å². The maximum Gasteiger partial charge on any atom is 0.324 e. The summed E-state index contributed by atoms with van der Waals surface area (Å²) in [6.45, 7) is 0. The van der Waals surface area contributed by atoms with Crippen molar-refractivity contribution in [1.82, 2.24) is 0 Å². The Morgan fingerprint density at radius 1 is 1.67 bits per heavy atom. The minimum Gasteiger partial charge on any atom is -0.445 e. The average Bonchev–Trinajstić information content (AvgIpc) is 1.97. The lowest BCUT2D eigenvalue weighted by Crippen LogP contribution is -2.34. The Kier molecular flexibility index (Phi) is 4.53. The summed E-state index contributed by atoms with van der Waals surface area (Å²) >= 11 is 3.68. The molecule has 72 valence electrons. The van der Waals surface area contributed by atoms with Gasteiger partial charge in [-0.1, -0.05) is 0 Å². The van der Waals surface area contributed by atoms with Gasteiger partial charge in [0.25, 0.3) is 0 Å². The summed E-state index contributed by atoms with van der Waals surface area (Å²) in [5.74, 6) is -1.94. The van der Waals surface area contributed by atoms with Crippen LogP contribution in [0.2, 0.25) is 0 Å². The largest absolute Gasteiger partial charge is 0.445 e. The number of hydrogen-bond acceptors (Lipinski definition) is 6. The molecule has 0 saturated carbocycles. The van der Waals surface area contributed by atoms with Gasteiger partial charge in [-0.2, -0.15) is 21.0 Å². The van der Waals surface area contributed by atoms with Crippen LogP contribution in [0, 0.1) is 0 Å². The molecule has 6 nitrogen and oxygen atoms in total. The molecule has 0 saturated heterocycles. The Balaban J connectivity index is 3.88. The summed E-state index contributed by atoms with van der Waals surface area (Å²) in [6, 6.07) is -0.977. The van der Waals surface area contributed by atoms with Crippen LogP contribution in [0.25, 0.3) is 0 Å². The van der Waals surface area contributed by atoms with Crippen LogP contribution in [-0.4, -0.2) is 36.7 Å². The van der Waals surface area contributed by atoms with Gasteiger partial charge in [-0.05, 0) is 0 Å². The fourth-order valence-corrected chi connectivity index (χ4v) is 0.728. The molecule has 0 heterocycles. The quantitative estimate of drug-likeness (QED) is 0.303. The molecule has 3 N–H and O–H groups in total. The van der Waals surface area contributed by atoms with E-state index in [1.54, 1.807) is 0 Å². The van der Waals surface area contributed by atoms with E-state index < -0.39 is 28.1 Å². The second kappa shape index (κ2) is 4.65. The topological polar surface area (TPSA) is 107 Å². The molecule has 0 aliphatic carbocycles. The van der Waals surface area contributed by atoms with Crippen molar-refractivity contribution >= 4 is 28.7 Å². The number of hydrogen-bond donors (Lipinski definition) is 3. The van der Waals surface area contributed by atoms with Crippen LogP contribution >= 0.6 is 12.6 Å². The third kappa shape index (κ3) is 5.35.